The van der Waals surface area contributed by atoms with E-state index in [9.17, 15) is 9.59 Å². The Kier molecular flexibility index (Phi) is 8.72. The molecule has 0 radical (unpaired) electrons. The Morgan fingerprint density at radius 2 is 1.03 bits per heavy atom. The van der Waals surface area contributed by atoms with Crippen molar-refractivity contribution in [1.29, 1.82) is 0 Å². The zero-order valence-electron chi connectivity index (χ0n) is 19.4. The molecule has 2 amide bonds. The third-order valence-electron chi connectivity index (χ3n) is 6.27. The minimum atomic E-state index is -0.0833. The van der Waals surface area contributed by atoms with Gasteiger partial charge in [0, 0.05) is 26.3 Å². The van der Waals surface area contributed by atoms with E-state index >= 15 is 0 Å². The first-order chi connectivity index (χ1) is 16.7. The van der Waals surface area contributed by atoms with E-state index in [1.165, 1.54) is 0 Å². The normalized spacial score (nSPS) is 15.9. The standard InChI is InChI=1S/C26H32N2O4S2/c29-15-7-3-1-5-13-27-23(19-11-9-17-33-19)21-22(25(27)31)24(20-12-10-18-34-20)28(26(21)32)14-6-2-4-8-16-30/h9-12,17-18,29-30H,1-8,13-16H2. The lowest BCUT2D eigenvalue weighted by Gasteiger charge is -2.24. The van der Waals surface area contributed by atoms with Gasteiger partial charge < -0.3 is 20.0 Å². The molecule has 0 fully saturated rings. The number of nitrogens with zero attached hydrogens (tertiary/aromatic N) is 2. The Bertz CT molecular complexity index is 957. The molecule has 2 aliphatic heterocycles. The molecule has 0 atom stereocenters. The lowest BCUT2D eigenvalue weighted by atomic mass is 10.1. The molecule has 6 nitrogen and oxygen atoms in total. The smallest absolute Gasteiger partial charge is 0.261 e. The van der Waals surface area contributed by atoms with Gasteiger partial charge in [-0.1, -0.05) is 37.8 Å². The van der Waals surface area contributed by atoms with Crippen LogP contribution in [0.25, 0.3) is 11.4 Å². The first-order valence-electron chi connectivity index (χ1n) is 12.1. The highest BCUT2D eigenvalue weighted by atomic mass is 32.1. The molecule has 4 heterocycles. The molecular weight excluding hydrogens is 468 g/mol. The number of rotatable bonds is 14. The molecule has 0 saturated heterocycles. The van der Waals surface area contributed by atoms with Crippen molar-refractivity contribution in [3.8, 4) is 0 Å². The molecule has 2 aromatic heterocycles. The molecular formula is C26H32N2O4S2. The van der Waals surface area contributed by atoms with Crippen LogP contribution in [0.2, 0.25) is 0 Å². The number of carbonyl (C=O) groups excluding carboxylic acids is 2. The summed E-state index contributed by atoms with van der Waals surface area (Å²) in [5.41, 5.74) is 2.58. The minimum Gasteiger partial charge on any atom is -0.396 e. The number of aliphatic hydroxyl groups excluding tert-OH is 2. The fourth-order valence-electron chi connectivity index (χ4n) is 4.63. The highest BCUT2D eigenvalue weighted by Crippen LogP contribution is 2.48. The maximum atomic E-state index is 13.8. The summed E-state index contributed by atoms with van der Waals surface area (Å²) in [6.45, 7) is 1.51. The van der Waals surface area contributed by atoms with Crippen molar-refractivity contribution in [3.05, 3.63) is 55.9 Å². The van der Waals surface area contributed by atoms with Gasteiger partial charge in [-0.15, -0.1) is 22.7 Å². The maximum absolute atomic E-state index is 13.8. The lowest BCUT2D eigenvalue weighted by molar-refractivity contribution is -0.124. The molecule has 0 aliphatic carbocycles. The molecule has 0 unspecified atom stereocenters. The molecule has 0 saturated carbocycles. The number of hydrogen-bond donors (Lipinski definition) is 2. The summed E-state index contributed by atoms with van der Waals surface area (Å²) < 4.78 is 0. The quantitative estimate of drug-likeness (QED) is 0.368. The first kappa shape index (κ1) is 24.9. The molecule has 2 aliphatic rings. The van der Waals surface area contributed by atoms with Gasteiger partial charge in [-0.05, 0) is 48.6 Å². The molecule has 0 aromatic carbocycles. The van der Waals surface area contributed by atoms with Gasteiger partial charge in [-0.25, -0.2) is 0 Å². The van der Waals surface area contributed by atoms with Crippen molar-refractivity contribution >= 4 is 45.9 Å². The van der Waals surface area contributed by atoms with E-state index < -0.39 is 0 Å². The van der Waals surface area contributed by atoms with E-state index in [0.29, 0.717) is 24.2 Å². The highest BCUT2D eigenvalue weighted by Gasteiger charge is 2.48. The second-order valence-corrected chi connectivity index (χ2v) is 10.5. The van der Waals surface area contributed by atoms with Crippen molar-refractivity contribution < 1.29 is 19.8 Å². The van der Waals surface area contributed by atoms with Crippen molar-refractivity contribution in [1.82, 2.24) is 9.80 Å². The van der Waals surface area contributed by atoms with Gasteiger partial charge in [0.05, 0.1) is 32.3 Å². The fraction of sp³-hybridized carbons (Fsp3) is 0.462. The monoisotopic (exact) mass is 500 g/mol. The number of unbranched alkanes of at least 4 members (excludes halogenated alkanes) is 6. The van der Waals surface area contributed by atoms with Crippen LogP contribution in [0, 0.1) is 0 Å². The summed E-state index contributed by atoms with van der Waals surface area (Å²) in [5, 5.41) is 22.0. The average molecular weight is 501 g/mol. The van der Waals surface area contributed by atoms with Gasteiger partial charge in [0.1, 0.15) is 0 Å². The molecule has 2 aromatic rings. The third-order valence-corrected chi connectivity index (χ3v) is 8.02. The van der Waals surface area contributed by atoms with Gasteiger partial charge in [-0.3, -0.25) is 9.59 Å². The molecule has 4 rings (SSSR count). The van der Waals surface area contributed by atoms with Crippen molar-refractivity contribution in [2.45, 2.75) is 51.4 Å². The maximum Gasteiger partial charge on any atom is 0.261 e. The van der Waals surface area contributed by atoms with Crippen LogP contribution in [0.15, 0.2) is 46.2 Å². The number of aliphatic hydroxyl groups is 2. The van der Waals surface area contributed by atoms with Gasteiger partial charge in [-0.2, -0.15) is 0 Å². The molecule has 34 heavy (non-hydrogen) atoms. The number of hydrogen-bond acceptors (Lipinski definition) is 6. The van der Waals surface area contributed by atoms with Crippen LogP contribution in [0.4, 0.5) is 0 Å². The predicted octanol–water partition coefficient (Wildman–Crippen LogP) is 4.72. The van der Waals surface area contributed by atoms with Gasteiger partial charge >= 0.3 is 0 Å². The zero-order chi connectivity index (χ0) is 23.9. The summed E-state index contributed by atoms with van der Waals surface area (Å²) in [6.07, 6.45) is 6.92. The summed E-state index contributed by atoms with van der Waals surface area (Å²) in [6, 6.07) is 7.88. The largest absolute Gasteiger partial charge is 0.396 e. The van der Waals surface area contributed by atoms with Gasteiger partial charge in [0.25, 0.3) is 11.8 Å². The van der Waals surface area contributed by atoms with Crippen LogP contribution >= 0.6 is 22.7 Å². The van der Waals surface area contributed by atoms with E-state index in [0.717, 1.165) is 72.5 Å². The van der Waals surface area contributed by atoms with Crippen molar-refractivity contribution in [2.24, 2.45) is 0 Å². The Hall–Kier alpha value is -2.26. The Morgan fingerprint density at radius 3 is 1.38 bits per heavy atom. The zero-order valence-corrected chi connectivity index (χ0v) is 21.0. The number of carbonyl (C=O) groups is 2. The second-order valence-electron chi connectivity index (χ2n) is 8.59. The number of thiophene rings is 2. The summed E-state index contributed by atoms with van der Waals surface area (Å²) in [4.78, 5) is 33.1. The molecule has 182 valence electrons. The number of fused-ring (bicyclic) bond motifs is 1. The Labute approximate surface area is 208 Å². The summed E-state index contributed by atoms with van der Waals surface area (Å²) >= 11 is 3.10. The van der Waals surface area contributed by atoms with Gasteiger partial charge in [0.15, 0.2) is 0 Å². The summed E-state index contributed by atoms with van der Waals surface area (Å²) in [7, 11) is 0. The van der Waals surface area contributed by atoms with Crippen molar-refractivity contribution in [2.75, 3.05) is 26.3 Å². The second kappa shape index (κ2) is 11.9. The average Bonchev–Trinajstić information content (AvgIpc) is 3.62. The molecule has 0 bridgehead atoms. The molecule has 0 spiro atoms. The minimum absolute atomic E-state index is 0.0833. The third kappa shape index (κ3) is 5.05. The van der Waals surface area contributed by atoms with Crippen LogP contribution in [0.3, 0.4) is 0 Å². The molecule has 2 N–H and O–H groups in total. The Balaban J connectivity index is 1.68. The van der Waals surface area contributed by atoms with Gasteiger partial charge in [0.2, 0.25) is 0 Å². The topological polar surface area (TPSA) is 81.1 Å². The van der Waals surface area contributed by atoms with Crippen LogP contribution < -0.4 is 0 Å². The summed E-state index contributed by atoms with van der Waals surface area (Å²) in [5.74, 6) is -0.167. The van der Waals surface area contributed by atoms with Crippen LogP contribution in [-0.4, -0.2) is 58.1 Å². The fourth-order valence-corrected chi connectivity index (χ4v) is 6.20. The SMILES string of the molecule is O=C1C2=C(c3cccs3)N(CCCCCCO)C(=O)C2=C(c2cccs2)N1CCCCCCO. The van der Waals surface area contributed by atoms with E-state index in [4.69, 9.17) is 10.2 Å². The van der Waals surface area contributed by atoms with Crippen molar-refractivity contribution in [3.63, 3.8) is 0 Å². The van der Waals surface area contributed by atoms with E-state index in [1.54, 1.807) is 32.5 Å². The Morgan fingerprint density at radius 1 is 0.618 bits per heavy atom. The van der Waals surface area contributed by atoms with Crippen LogP contribution in [-0.2, 0) is 9.59 Å². The predicted molar refractivity (Wildman–Crippen MR) is 137 cm³/mol. The van der Waals surface area contributed by atoms with Crippen LogP contribution in [0.1, 0.15) is 61.1 Å². The van der Waals surface area contributed by atoms with E-state index in [1.807, 2.05) is 35.0 Å². The molecule has 8 heteroatoms. The highest BCUT2D eigenvalue weighted by molar-refractivity contribution is 7.11. The first-order valence-corrected chi connectivity index (χ1v) is 13.9. The van der Waals surface area contributed by atoms with Crippen LogP contribution in [0.5, 0.6) is 0 Å². The van der Waals surface area contributed by atoms with E-state index in [2.05, 4.69) is 0 Å². The lowest BCUT2D eigenvalue weighted by Crippen LogP contribution is -2.30. The van der Waals surface area contributed by atoms with E-state index in [-0.39, 0.29) is 25.0 Å². The number of amides is 2.